The van der Waals surface area contributed by atoms with E-state index in [1.807, 2.05) is 18.2 Å². The SMILES string of the molecule is [2H]c1c([2H])c([2H])c2c(c1[2H])c1c([2H])c([2H])c([2H])c([2H])c1n2-c1cccc2c1oc1c(N3c4cc(-c5cc(C(C)(C)C)cc(C(C)(C)C)c5)ccc4B4c5cc(-c6cc(C(C)(C)C)cc(C(C)(C)C)c6)ccc5N(c5c(-c6ccccc6)cc(C(C)(C)C)cc5-c5ccccc5)c5cc(C(C)(C)C)cc3c54)cccc12. The zero-order valence-electron chi connectivity index (χ0n) is 69.8. The van der Waals surface area contributed by atoms with Crippen molar-refractivity contribution in [1.29, 1.82) is 0 Å². The first-order valence-electron chi connectivity index (χ1n) is 39.8. The summed E-state index contributed by atoms with van der Waals surface area (Å²) < 4.78 is 83.2. The lowest BCUT2D eigenvalue weighted by Crippen LogP contribution is -2.61. The number of fused-ring (bicyclic) bond motifs is 10. The molecule has 0 aliphatic carbocycles. The normalized spacial score (nSPS) is 14.7. The van der Waals surface area contributed by atoms with E-state index in [2.05, 4.69) is 310 Å². The van der Waals surface area contributed by atoms with Crippen LogP contribution in [0.2, 0.25) is 0 Å². The highest BCUT2D eigenvalue weighted by Gasteiger charge is 2.46. The van der Waals surface area contributed by atoms with Crippen LogP contribution in [0.25, 0.3) is 93.9 Å². The number of benzene rings is 12. The Labute approximate surface area is 610 Å². The van der Waals surface area contributed by atoms with Gasteiger partial charge in [-0.25, -0.2) is 0 Å². The van der Waals surface area contributed by atoms with Gasteiger partial charge in [-0.3, -0.25) is 0 Å². The lowest BCUT2D eigenvalue weighted by Gasteiger charge is -2.46. The van der Waals surface area contributed by atoms with Gasteiger partial charge in [0.2, 0.25) is 0 Å². The monoisotopic (exact) mass is 1320 g/mol. The van der Waals surface area contributed by atoms with Gasteiger partial charge >= 0.3 is 0 Å². The molecule has 0 fully saturated rings. The molecule has 2 aromatic heterocycles. The van der Waals surface area contributed by atoms with Crippen molar-refractivity contribution in [2.75, 3.05) is 9.80 Å². The van der Waals surface area contributed by atoms with Gasteiger partial charge in [0.05, 0.1) is 39.1 Å². The van der Waals surface area contributed by atoms with Crippen LogP contribution in [-0.4, -0.2) is 11.3 Å². The summed E-state index contributed by atoms with van der Waals surface area (Å²) in [4.78, 5) is 5.06. The topological polar surface area (TPSA) is 24.6 Å². The largest absolute Gasteiger partial charge is 0.452 e. The second-order valence-corrected chi connectivity index (χ2v) is 34.5. The van der Waals surface area contributed by atoms with E-state index < -0.39 is 41.7 Å². The molecular weight excluding hydrogens is 1220 g/mol. The summed E-state index contributed by atoms with van der Waals surface area (Å²) in [6, 6.07) is 68.8. The molecule has 0 saturated carbocycles. The molecule has 12 aromatic carbocycles. The summed E-state index contributed by atoms with van der Waals surface area (Å²) in [7, 11) is 0. The van der Waals surface area contributed by atoms with Crippen LogP contribution in [0.4, 0.5) is 34.1 Å². The Morgan fingerprint density at radius 1 is 0.297 bits per heavy atom. The quantitative estimate of drug-likeness (QED) is 0.149. The zero-order valence-corrected chi connectivity index (χ0v) is 61.8. The first-order chi connectivity index (χ1) is 51.2. The van der Waals surface area contributed by atoms with Crippen molar-refractivity contribution in [2.24, 2.45) is 0 Å². The maximum Gasteiger partial charge on any atom is 0.252 e. The predicted molar refractivity (Wildman–Crippen MR) is 436 cm³/mol. The molecule has 4 nitrogen and oxygen atoms in total. The Bertz CT molecular complexity index is 5960. The molecule has 0 N–H and O–H groups in total. The van der Waals surface area contributed by atoms with E-state index in [4.69, 9.17) is 9.90 Å². The van der Waals surface area contributed by atoms with Gasteiger partial charge in [0.15, 0.2) is 11.2 Å². The zero-order chi connectivity index (χ0) is 77.7. The molecule has 0 unspecified atom stereocenters. The number of nitrogens with zero attached hydrogens (tertiary/aromatic N) is 3. The lowest BCUT2D eigenvalue weighted by atomic mass is 9.33. The number of anilines is 6. The smallest absolute Gasteiger partial charge is 0.252 e. The van der Waals surface area contributed by atoms with E-state index in [0.717, 1.165) is 106 Å². The fourth-order valence-corrected chi connectivity index (χ4v) is 15.4. The number of para-hydroxylation sites is 4. The first-order valence-corrected chi connectivity index (χ1v) is 35.8. The summed E-state index contributed by atoms with van der Waals surface area (Å²) in [5, 5.41) is 1.47. The number of furan rings is 1. The second-order valence-electron chi connectivity index (χ2n) is 34.5. The van der Waals surface area contributed by atoms with E-state index in [9.17, 15) is 5.48 Å². The molecule has 5 heteroatoms. The van der Waals surface area contributed by atoms with Crippen LogP contribution >= 0.6 is 0 Å². The molecular formula is C96H94BN3O. The van der Waals surface area contributed by atoms with Crippen molar-refractivity contribution in [2.45, 2.75) is 157 Å². The molecule has 502 valence electrons. The maximum atomic E-state index is 9.61. The molecule has 4 heterocycles. The van der Waals surface area contributed by atoms with Crippen molar-refractivity contribution >= 4 is 101 Å². The molecule has 14 aromatic rings. The number of rotatable bonds is 7. The number of hydrogen-bond donors (Lipinski definition) is 0. The van der Waals surface area contributed by atoms with E-state index in [1.54, 1.807) is 4.57 Å². The molecule has 0 saturated heterocycles. The van der Waals surface area contributed by atoms with Crippen molar-refractivity contribution in [3.8, 4) is 50.2 Å². The Kier molecular flexibility index (Phi) is 13.0. The van der Waals surface area contributed by atoms with Gasteiger partial charge in [-0.05, 0) is 176 Å². The summed E-state index contributed by atoms with van der Waals surface area (Å²) in [6.07, 6.45) is 0. The van der Waals surface area contributed by atoms with Crippen LogP contribution in [0.5, 0.6) is 0 Å². The van der Waals surface area contributed by atoms with Crippen molar-refractivity contribution in [3.05, 3.63) is 276 Å². The van der Waals surface area contributed by atoms with Crippen LogP contribution in [-0.2, 0) is 32.5 Å². The van der Waals surface area contributed by atoms with Gasteiger partial charge in [0, 0.05) is 55.4 Å². The van der Waals surface area contributed by atoms with Gasteiger partial charge in [-0.2, -0.15) is 0 Å². The molecule has 0 radical (unpaired) electrons. The fraction of sp³-hybridized carbons (Fsp3) is 0.250. The van der Waals surface area contributed by atoms with E-state index in [1.165, 1.54) is 27.8 Å². The number of hydrogen-bond acceptors (Lipinski definition) is 3. The summed E-state index contributed by atoms with van der Waals surface area (Å²) in [5.41, 5.74) is 25.4. The van der Waals surface area contributed by atoms with Crippen molar-refractivity contribution in [3.63, 3.8) is 0 Å². The predicted octanol–water partition coefficient (Wildman–Crippen LogP) is 25.2. The summed E-state index contributed by atoms with van der Waals surface area (Å²) in [5.74, 6) is 0. The Hall–Kier alpha value is -10.1. The highest BCUT2D eigenvalue weighted by atomic mass is 16.3. The minimum Gasteiger partial charge on any atom is -0.452 e. The van der Waals surface area contributed by atoms with Crippen LogP contribution in [0.15, 0.2) is 247 Å². The highest BCUT2D eigenvalue weighted by molar-refractivity contribution is 7.00. The van der Waals surface area contributed by atoms with E-state index in [0.29, 0.717) is 22.2 Å². The van der Waals surface area contributed by atoms with Crippen LogP contribution in [0, 0.1) is 0 Å². The summed E-state index contributed by atoms with van der Waals surface area (Å²) in [6.45, 7) is 41.1. The molecule has 101 heavy (non-hydrogen) atoms. The Morgan fingerprint density at radius 2 is 0.713 bits per heavy atom. The molecule has 0 amide bonds. The molecule has 0 spiro atoms. The van der Waals surface area contributed by atoms with Gasteiger partial charge in [0.25, 0.3) is 6.71 Å². The molecule has 2 aliphatic heterocycles. The Balaban J connectivity index is 1.08. The molecule has 0 atom stereocenters. The van der Waals surface area contributed by atoms with Gasteiger partial charge in [0.1, 0.15) is 0 Å². The van der Waals surface area contributed by atoms with Crippen LogP contribution in [0.3, 0.4) is 0 Å². The van der Waals surface area contributed by atoms with E-state index >= 15 is 0 Å². The van der Waals surface area contributed by atoms with Crippen LogP contribution < -0.4 is 26.2 Å². The minimum atomic E-state index is -0.503. The lowest BCUT2D eigenvalue weighted by molar-refractivity contribution is 0.568. The molecule has 0 bridgehead atoms. The number of aromatic nitrogens is 1. The average Bonchev–Trinajstić information content (AvgIpc) is 1.46. The highest BCUT2D eigenvalue weighted by Crippen LogP contribution is 2.54. The fourth-order valence-electron chi connectivity index (χ4n) is 15.4. The Morgan fingerprint density at radius 3 is 1.20 bits per heavy atom. The third kappa shape index (κ3) is 11.1. The van der Waals surface area contributed by atoms with Crippen molar-refractivity contribution < 1.29 is 15.4 Å². The standard InChI is InChI=1S/C96H94BN3O/c1-91(2,3)65-47-63(48-66(53-65)92(4,5)6)61-44-46-81-78(51-61)97-77-45-43-62(64-49-67(93(7,8)9)54-68(50-64)94(10,11)12)52-84(77)99(83-42-30-38-74-73-37-29-41-82(89(73)101-90(74)83)98-79-39-27-25-35-71(79)72-36-26-28-40-80(72)98)85-57-70(96(16,17)18)58-86(87(85)97)100(81)88-75(59-31-21-19-22-32-59)55-69(95(13,14)15)56-76(88)60-33-23-20-24-34-60/h19-58H,1-18H3/i25D,26D,27D,28D,35D,36D,39D,40D. The van der Waals surface area contributed by atoms with Crippen molar-refractivity contribution in [1.82, 2.24) is 4.57 Å². The van der Waals surface area contributed by atoms with Gasteiger partial charge in [-0.15, -0.1) is 0 Å². The van der Waals surface area contributed by atoms with E-state index in [-0.39, 0.29) is 67.7 Å². The molecule has 2 aliphatic rings. The maximum absolute atomic E-state index is 9.61. The average molecular weight is 1320 g/mol. The van der Waals surface area contributed by atoms with Crippen LogP contribution in [0.1, 0.15) is 169 Å². The third-order valence-electron chi connectivity index (χ3n) is 21.3. The van der Waals surface area contributed by atoms with Gasteiger partial charge in [-0.1, -0.05) is 306 Å². The third-order valence-corrected chi connectivity index (χ3v) is 21.3. The second kappa shape index (κ2) is 23.2. The summed E-state index contributed by atoms with van der Waals surface area (Å²) >= 11 is 0. The minimum absolute atomic E-state index is 0.00371. The van der Waals surface area contributed by atoms with Gasteiger partial charge < -0.3 is 18.8 Å². The first kappa shape index (κ1) is 56.6. The molecule has 16 rings (SSSR count).